The van der Waals surface area contributed by atoms with E-state index in [4.69, 9.17) is 5.11 Å². The number of aliphatic carboxylic acids is 1. The molecule has 0 atom stereocenters. The highest BCUT2D eigenvalue weighted by molar-refractivity contribution is 9.10. The van der Waals surface area contributed by atoms with Crippen molar-refractivity contribution >= 4 is 21.9 Å². The average molecular weight is 317 g/mol. The zero-order valence-electron chi connectivity index (χ0n) is 8.90. The number of hydrogen-bond donors (Lipinski definition) is 1. The number of rotatable bonds is 3. The minimum absolute atomic E-state index is 0.250. The lowest BCUT2D eigenvalue weighted by atomic mass is 10.2. The second-order valence-electron chi connectivity index (χ2n) is 3.58. The largest absolute Gasteiger partial charge is 0.481 e. The topological polar surface area (TPSA) is 55.1 Å². The molecule has 2 aromatic rings. The van der Waals surface area contributed by atoms with Crippen LogP contribution in [0.5, 0.6) is 0 Å². The summed E-state index contributed by atoms with van der Waals surface area (Å²) in [6.07, 6.45) is 2.29. The second kappa shape index (κ2) is 4.85. The van der Waals surface area contributed by atoms with Gasteiger partial charge in [-0.3, -0.25) is 4.79 Å². The summed E-state index contributed by atoms with van der Waals surface area (Å²) >= 11 is 2.97. The van der Waals surface area contributed by atoms with E-state index < -0.39 is 17.6 Å². The first-order chi connectivity index (χ1) is 8.47. The van der Waals surface area contributed by atoms with Crippen LogP contribution >= 0.6 is 15.9 Å². The van der Waals surface area contributed by atoms with Crippen LogP contribution in [0.2, 0.25) is 0 Å². The Labute approximate surface area is 109 Å². The third-order valence-corrected chi connectivity index (χ3v) is 2.66. The molecule has 1 heterocycles. The summed E-state index contributed by atoms with van der Waals surface area (Å²) < 4.78 is 28.5. The van der Waals surface area contributed by atoms with Crippen molar-refractivity contribution in [1.82, 2.24) is 9.78 Å². The van der Waals surface area contributed by atoms with Crippen molar-refractivity contribution in [3.8, 4) is 5.69 Å². The van der Waals surface area contributed by atoms with E-state index in [1.54, 1.807) is 0 Å². The monoisotopic (exact) mass is 316 g/mol. The molecule has 0 aliphatic carbocycles. The van der Waals surface area contributed by atoms with Crippen molar-refractivity contribution in [2.45, 2.75) is 6.42 Å². The van der Waals surface area contributed by atoms with Crippen LogP contribution in [0.25, 0.3) is 5.69 Å². The number of aromatic nitrogens is 2. The Bertz CT molecular complexity index is 590. The van der Waals surface area contributed by atoms with Gasteiger partial charge in [-0.1, -0.05) is 15.9 Å². The van der Waals surface area contributed by atoms with Gasteiger partial charge in [-0.25, -0.2) is 13.5 Å². The summed E-state index contributed by atoms with van der Waals surface area (Å²) in [5, 5.41) is 12.3. The van der Waals surface area contributed by atoms with Crippen LogP contribution in [0.4, 0.5) is 8.78 Å². The highest BCUT2D eigenvalue weighted by Gasteiger charge is 2.14. The molecule has 2 rings (SSSR count). The third kappa shape index (κ3) is 2.56. The Morgan fingerprint density at radius 2 is 2.00 bits per heavy atom. The Morgan fingerprint density at radius 1 is 1.39 bits per heavy atom. The molecule has 0 amide bonds. The standard InChI is InChI=1S/C11H7BrF2N2O2/c12-7-2-8(13)11(9(14)3-7)16-5-6(4-15-16)1-10(17)18/h2-5H,1H2,(H,17,18). The van der Waals surface area contributed by atoms with Crippen LogP contribution in [-0.4, -0.2) is 20.9 Å². The average Bonchev–Trinajstić information content (AvgIpc) is 2.63. The Kier molecular flexibility index (Phi) is 3.42. The zero-order chi connectivity index (χ0) is 13.3. The summed E-state index contributed by atoms with van der Waals surface area (Å²) in [7, 11) is 0. The van der Waals surface area contributed by atoms with Crippen molar-refractivity contribution in [3.05, 3.63) is 46.2 Å². The van der Waals surface area contributed by atoms with Gasteiger partial charge in [0.25, 0.3) is 0 Å². The number of carbonyl (C=O) groups is 1. The maximum Gasteiger partial charge on any atom is 0.307 e. The highest BCUT2D eigenvalue weighted by atomic mass is 79.9. The molecule has 0 bridgehead atoms. The lowest BCUT2D eigenvalue weighted by Gasteiger charge is -2.05. The van der Waals surface area contributed by atoms with E-state index in [1.165, 1.54) is 12.4 Å². The van der Waals surface area contributed by atoms with Crippen LogP contribution in [-0.2, 0) is 11.2 Å². The number of nitrogens with zero attached hydrogens (tertiary/aromatic N) is 2. The van der Waals surface area contributed by atoms with Crippen LogP contribution in [0, 0.1) is 11.6 Å². The molecule has 0 aliphatic heterocycles. The molecule has 1 aromatic carbocycles. The van der Waals surface area contributed by atoms with Crippen molar-refractivity contribution in [2.24, 2.45) is 0 Å². The van der Waals surface area contributed by atoms with Crippen LogP contribution in [0.3, 0.4) is 0 Å². The van der Waals surface area contributed by atoms with Crippen molar-refractivity contribution < 1.29 is 18.7 Å². The lowest BCUT2D eigenvalue weighted by Crippen LogP contribution is -2.02. The Morgan fingerprint density at radius 3 is 2.56 bits per heavy atom. The first-order valence-electron chi connectivity index (χ1n) is 4.87. The van der Waals surface area contributed by atoms with Gasteiger partial charge >= 0.3 is 5.97 Å². The maximum atomic E-state index is 13.6. The summed E-state index contributed by atoms with van der Waals surface area (Å²) in [5.74, 6) is -2.61. The number of carboxylic acids is 1. The number of benzene rings is 1. The summed E-state index contributed by atoms with van der Waals surface area (Å²) in [6.45, 7) is 0. The molecule has 0 unspecified atom stereocenters. The predicted molar refractivity (Wildman–Crippen MR) is 62.5 cm³/mol. The fourth-order valence-electron chi connectivity index (χ4n) is 1.50. The maximum absolute atomic E-state index is 13.6. The fraction of sp³-hybridized carbons (Fsp3) is 0.0909. The summed E-state index contributed by atoms with van der Waals surface area (Å²) in [6, 6.07) is 2.22. The smallest absolute Gasteiger partial charge is 0.307 e. The van der Waals surface area contributed by atoms with Gasteiger partial charge in [0, 0.05) is 16.2 Å². The van der Waals surface area contributed by atoms with Gasteiger partial charge in [-0.15, -0.1) is 0 Å². The van der Waals surface area contributed by atoms with Crippen LogP contribution < -0.4 is 0 Å². The molecule has 1 aromatic heterocycles. The zero-order valence-corrected chi connectivity index (χ0v) is 10.5. The van der Waals surface area contributed by atoms with Crippen molar-refractivity contribution in [3.63, 3.8) is 0 Å². The van der Waals surface area contributed by atoms with E-state index in [-0.39, 0.29) is 16.6 Å². The normalized spacial score (nSPS) is 10.6. The molecule has 0 saturated carbocycles. The van der Waals surface area contributed by atoms with E-state index in [0.29, 0.717) is 5.56 Å². The molecule has 0 spiro atoms. The third-order valence-electron chi connectivity index (χ3n) is 2.20. The lowest BCUT2D eigenvalue weighted by molar-refractivity contribution is -0.136. The van der Waals surface area contributed by atoms with Crippen LogP contribution in [0.15, 0.2) is 29.0 Å². The summed E-state index contributed by atoms with van der Waals surface area (Å²) in [4.78, 5) is 10.5. The molecule has 0 radical (unpaired) electrons. The van der Waals surface area contributed by atoms with Gasteiger partial charge in [-0.05, 0) is 12.1 Å². The molecule has 94 valence electrons. The van der Waals surface area contributed by atoms with E-state index in [9.17, 15) is 13.6 Å². The van der Waals surface area contributed by atoms with Crippen molar-refractivity contribution in [2.75, 3.05) is 0 Å². The fourth-order valence-corrected chi connectivity index (χ4v) is 1.90. The van der Waals surface area contributed by atoms with Gasteiger partial charge in [0.1, 0.15) is 5.69 Å². The number of hydrogen-bond acceptors (Lipinski definition) is 2. The molecule has 18 heavy (non-hydrogen) atoms. The van der Waals surface area contributed by atoms with Gasteiger partial charge < -0.3 is 5.11 Å². The predicted octanol–water partition coefficient (Wildman–Crippen LogP) is 2.54. The molecule has 0 aliphatic rings. The molecule has 0 fully saturated rings. The first-order valence-corrected chi connectivity index (χ1v) is 5.67. The molecule has 4 nitrogen and oxygen atoms in total. The van der Waals surface area contributed by atoms with Gasteiger partial charge in [-0.2, -0.15) is 5.10 Å². The molecule has 0 saturated heterocycles. The molecular weight excluding hydrogens is 310 g/mol. The van der Waals surface area contributed by atoms with Gasteiger partial charge in [0.05, 0.1) is 12.6 Å². The summed E-state index contributed by atoms with van der Waals surface area (Å²) in [5.41, 5.74) is 0.0269. The highest BCUT2D eigenvalue weighted by Crippen LogP contribution is 2.22. The molecular formula is C11H7BrF2N2O2. The minimum atomic E-state index is -1.04. The number of halogens is 3. The Balaban J connectivity index is 2.43. The van der Waals surface area contributed by atoms with E-state index in [2.05, 4.69) is 21.0 Å². The van der Waals surface area contributed by atoms with Gasteiger partial charge in [0.15, 0.2) is 11.6 Å². The number of carboxylic acid groups (broad SMARTS) is 1. The van der Waals surface area contributed by atoms with E-state index in [0.717, 1.165) is 16.8 Å². The molecule has 1 N–H and O–H groups in total. The van der Waals surface area contributed by atoms with Crippen molar-refractivity contribution in [1.29, 1.82) is 0 Å². The first kappa shape index (κ1) is 12.7. The van der Waals surface area contributed by atoms with Gasteiger partial charge in [0.2, 0.25) is 0 Å². The second-order valence-corrected chi connectivity index (χ2v) is 4.50. The SMILES string of the molecule is O=C(O)Cc1cnn(-c2c(F)cc(Br)cc2F)c1. The van der Waals surface area contributed by atoms with E-state index in [1.807, 2.05) is 0 Å². The van der Waals surface area contributed by atoms with Crippen LogP contribution in [0.1, 0.15) is 5.56 Å². The Hall–Kier alpha value is -1.76. The van der Waals surface area contributed by atoms with E-state index >= 15 is 0 Å². The molecule has 7 heteroatoms. The minimum Gasteiger partial charge on any atom is -0.481 e. The quantitative estimate of drug-likeness (QED) is 0.946.